The molecule has 0 saturated heterocycles. The van der Waals surface area contributed by atoms with Gasteiger partial charge in [-0.3, -0.25) is 9.78 Å². The van der Waals surface area contributed by atoms with E-state index in [9.17, 15) is 4.79 Å². The first-order valence-electron chi connectivity index (χ1n) is 9.78. The topological polar surface area (TPSA) is 42.0 Å². The monoisotopic (exact) mass is 380 g/mol. The zero-order valence-corrected chi connectivity index (χ0v) is 16.9. The molecule has 3 heteroatoms. The lowest BCUT2D eigenvalue weighted by Gasteiger charge is -2.21. The van der Waals surface area contributed by atoms with E-state index < -0.39 is 0 Å². The van der Waals surface area contributed by atoms with Crippen molar-refractivity contribution in [2.75, 3.05) is 5.32 Å². The molecular weight excluding hydrogens is 356 g/mol. The van der Waals surface area contributed by atoms with E-state index in [0.717, 1.165) is 22.0 Å². The van der Waals surface area contributed by atoms with Crippen LogP contribution in [0.15, 0.2) is 85.1 Å². The van der Waals surface area contributed by atoms with Gasteiger partial charge in [0.25, 0.3) is 5.91 Å². The van der Waals surface area contributed by atoms with Gasteiger partial charge in [-0.25, -0.2) is 0 Å². The van der Waals surface area contributed by atoms with E-state index in [1.54, 1.807) is 6.20 Å². The normalized spacial score (nSPS) is 11.4. The molecule has 0 radical (unpaired) electrons. The summed E-state index contributed by atoms with van der Waals surface area (Å²) >= 11 is 0. The maximum Gasteiger partial charge on any atom is 0.256 e. The second-order valence-corrected chi connectivity index (χ2v) is 8.21. The average molecular weight is 380 g/mol. The quantitative estimate of drug-likeness (QED) is 0.444. The van der Waals surface area contributed by atoms with Gasteiger partial charge >= 0.3 is 0 Å². The molecule has 0 atom stereocenters. The van der Waals surface area contributed by atoms with Gasteiger partial charge in [0.2, 0.25) is 0 Å². The van der Waals surface area contributed by atoms with Gasteiger partial charge in [-0.1, -0.05) is 75.4 Å². The summed E-state index contributed by atoms with van der Waals surface area (Å²) in [6, 6.07) is 25.9. The molecule has 3 nitrogen and oxygen atoms in total. The summed E-state index contributed by atoms with van der Waals surface area (Å²) in [5.74, 6) is -0.137. The summed E-state index contributed by atoms with van der Waals surface area (Å²) in [6.45, 7) is 6.54. The first kappa shape index (κ1) is 18.9. The number of benzene rings is 3. The summed E-state index contributed by atoms with van der Waals surface area (Å²) < 4.78 is 0. The van der Waals surface area contributed by atoms with Gasteiger partial charge in [-0.05, 0) is 46.4 Å². The highest BCUT2D eigenvalue weighted by Gasteiger charge is 2.19. The van der Waals surface area contributed by atoms with Crippen molar-refractivity contribution >= 4 is 22.5 Å². The van der Waals surface area contributed by atoms with Crippen LogP contribution in [0.25, 0.3) is 22.0 Å². The third-order valence-electron chi connectivity index (χ3n) is 5.10. The van der Waals surface area contributed by atoms with Crippen molar-refractivity contribution in [3.05, 3.63) is 96.2 Å². The lowest BCUT2D eigenvalue weighted by atomic mass is 9.84. The standard InChI is InChI=1S/C26H24N2O/c1-26(2,3)20-14-15-21(22(17-20)18-9-5-4-6-10-18)25(29)28-23-13-7-11-19-12-8-16-27-24(19)23/h4-17H,1-3H3,(H,28,29). The zero-order chi connectivity index (χ0) is 20.4. The van der Waals surface area contributed by atoms with Crippen molar-refractivity contribution < 1.29 is 4.79 Å². The third kappa shape index (κ3) is 3.90. The maximum absolute atomic E-state index is 13.3. The van der Waals surface area contributed by atoms with Crippen LogP contribution in [0.1, 0.15) is 36.7 Å². The van der Waals surface area contributed by atoms with Crippen molar-refractivity contribution in [3.63, 3.8) is 0 Å². The van der Waals surface area contributed by atoms with Crippen molar-refractivity contribution in [1.29, 1.82) is 0 Å². The second-order valence-electron chi connectivity index (χ2n) is 8.21. The second kappa shape index (κ2) is 7.51. The van der Waals surface area contributed by atoms with Gasteiger partial charge in [-0.15, -0.1) is 0 Å². The molecule has 1 heterocycles. The lowest BCUT2D eigenvalue weighted by Crippen LogP contribution is -2.16. The number of carbonyl (C=O) groups is 1. The summed E-state index contributed by atoms with van der Waals surface area (Å²) in [7, 11) is 0. The SMILES string of the molecule is CC(C)(C)c1ccc(C(=O)Nc2cccc3cccnc23)c(-c2ccccc2)c1. The van der Waals surface area contributed by atoms with Crippen LogP contribution in [0, 0.1) is 0 Å². The molecule has 4 rings (SSSR count). The Morgan fingerprint density at radius 1 is 0.862 bits per heavy atom. The predicted molar refractivity (Wildman–Crippen MR) is 120 cm³/mol. The van der Waals surface area contributed by atoms with E-state index >= 15 is 0 Å². The molecule has 3 aromatic carbocycles. The summed E-state index contributed by atoms with van der Waals surface area (Å²) in [5.41, 5.74) is 5.31. The average Bonchev–Trinajstić information content (AvgIpc) is 2.73. The van der Waals surface area contributed by atoms with Crippen LogP contribution in [-0.4, -0.2) is 10.9 Å². The molecule has 0 fully saturated rings. The molecule has 0 aliphatic carbocycles. The van der Waals surface area contributed by atoms with Crippen molar-refractivity contribution in [3.8, 4) is 11.1 Å². The molecule has 1 amide bonds. The minimum absolute atomic E-state index is 0.00190. The van der Waals surface area contributed by atoms with E-state index in [1.165, 1.54) is 5.56 Å². The van der Waals surface area contributed by atoms with Crippen LogP contribution in [-0.2, 0) is 5.41 Å². The number of aromatic nitrogens is 1. The minimum atomic E-state index is -0.137. The Balaban J connectivity index is 1.78. The van der Waals surface area contributed by atoms with E-state index in [2.05, 4.69) is 37.1 Å². The van der Waals surface area contributed by atoms with Crippen molar-refractivity contribution in [2.24, 2.45) is 0 Å². The molecule has 0 aliphatic heterocycles. The Labute approximate surface area is 171 Å². The number of rotatable bonds is 3. The minimum Gasteiger partial charge on any atom is -0.320 e. The molecule has 1 aromatic heterocycles. The molecule has 4 aromatic rings. The number of pyridine rings is 1. The fourth-order valence-corrected chi connectivity index (χ4v) is 3.46. The maximum atomic E-state index is 13.3. The number of nitrogens with zero attached hydrogens (tertiary/aromatic N) is 1. The van der Waals surface area contributed by atoms with Crippen LogP contribution < -0.4 is 5.32 Å². The molecule has 0 aliphatic rings. The first-order chi connectivity index (χ1) is 13.9. The summed E-state index contributed by atoms with van der Waals surface area (Å²) in [6.07, 6.45) is 1.74. The Bertz CT molecular complexity index is 1170. The fraction of sp³-hybridized carbons (Fsp3) is 0.154. The molecule has 144 valence electrons. The van der Waals surface area contributed by atoms with E-state index in [0.29, 0.717) is 11.3 Å². The van der Waals surface area contributed by atoms with Crippen LogP contribution in [0.3, 0.4) is 0 Å². The van der Waals surface area contributed by atoms with Crippen molar-refractivity contribution in [1.82, 2.24) is 4.98 Å². The van der Waals surface area contributed by atoms with Crippen LogP contribution in [0.2, 0.25) is 0 Å². The molecule has 0 unspecified atom stereocenters. The number of amides is 1. The van der Waals surface area contributed by atoms with Crippen LogP contribution in [0.5, 0.6) is 0 Å². The molecule has 0 saturated carbocycles. The van der Waals surface area contributed by atoms with E-state index in [-0.39, 0.29) is 11.3 Å². The lowest BCUT2D eigenvalue weighted by molar-refractivity contribution is 0.102. The summed E-state index contributed by atoms with van der Waals surface area (Å²) in [5, 5.41) is 4.07. The number of fused-ring (bicyclic) bond motifs is 1. The van der Waals surface area contributed by atoms with Gasteiger partial charge in [-0.2, -0.15) is 0 Å². The highest BCUT2D eigenvalue weighted by atomic mass is 16.1. The van der Waals surface area contributed by atoms with Gasteiger partial charge < -0.3 is 5.32 Å². The van der Waals surface area contributed by atoms with Crippen molar-refractivity contribution in [2.45, 2.75) is 26.2 Å². The number of anilines is 1. The predicted octanol–water partition coefficient (Wildman–Crippen LogP) is 6.45. The van der Waals surface area contributed by atoms with Gasteiger partial charge in [0.15, 0.2) is 0 Å². The zero-order valence-electron chi connectivity index (χ0n) is 16.9. The van der Waals surface area contributed by atoms with Gasteiger partial charge in [0.1, 0.15) is 0 Å². The number of hydrogen-bond donors (Lipinski definition) is 1. The van der Waals surface area contributed by atoms with Crippen LogP contribution >= 0.6 is 0 Å². The van der Waals surface area contributed by atoms with E-state index in [1.807, 2.05) is 72.8 Å². The first-order valence-corrected chi connectivity index (χ1v) is 9.78. The van der Waals surface area contributed by atoms with Crippen LogP contribution in [0.4, 0.5) is 5.69 Å². The third-order valence-corrected chi connectivity index (χ3v) is 5.10. The highest BCUT2D eigenvalue weighted by molar-refractivity contribution is 6.11. The van der Waals surface area contributed by atoms with Gasteiger partial charge in [0.05, 0.1) is 11.2 Å². The Kier molecular flexibility index (Phi) is 4.89. The van der Waals surface area contributed by atoms with E-state index in [4.69, 9.17) is 0 Å². The Morgan fingerprint density at radius 3 is 2.38 bits per heavy atom. The van der Waals surface area contributed by atoms with Gasteiger partial charge in [0, 0.05) is 17.1 Å². The Morgan fingerprint density at radius 2 is 1.62 bits per heavy atom. The Hall–Kier alpha value is -3.46. The molecular formula is C26H24N2O. The largest absolute Gasteiger partial charge is 0.320 e. The molecule has 1 N–H and O–H groups in total. The summed E-state index contributed by atoms with van der Waals surface area (Å²) in [4.78, 5) is 17.7. The smallest absolute Gasteiger partial charge is 0.256 e. The molecule has 0 spiro atoms. The molecule has 29 heavy (non-hydrogen) atoms. The highest BCUT2D eigenvalue weighted by Crippen LogP contribution is 2.31. The molecule has 0 bridgehead atoms. The fourth-order valence-electron chi connectivity index (χ4n) is 3.46. The number of carbonyl (C=O) groups excluding carboxylic acids is 1. The number of nitrogens with one attached hydrogen (secondary N) is 1. The number of para-hydroxylation sites is 1. The number of hydrogen-bond acceptors (Lipinski definition) is 2.